The van der Waals surface area contributed by atoms with Crippen molar-refractivity contribution in [2.24, 2.45) is 0 Å². The number of halogens is 3. The number of ether oxygens (including phenoxy) is 1. The van der Waals surface area contributed by atoms with Gasteiger partial charge in [0.05, 0.1) is 12.7 Å². The molecule has 98 valence electrons. The van der Waals surface area contributed by atoms with Crippen LogP contribution in [-0.2, 0) is 4.74 Å². The minimum Gasteiger partial charge on any atom is -0.465 e. The van der Waals surface area contributed by atoms with E-state index in [9.17, 15) is 9.18 Å². The van der Waals surface area contributed by atoms with Crippen molar-refractivity contribution in [3.8, 4) is 11.1 Å². The van der Waals surface area contributed by atoms with Crippen LogP contribution in [0.4, 0.5) is 4.39 Å². The predicted octanol–water partition coefficient (Wildman–Crippen LogP) is 4.59. The van der Waals surface area contributed by atoms with Gasteiger partial charge in [0, 0.05) is 21.2 Å². The maximum Gasteiger partial charge on any atom is 0.338 e. The SMILES string of the molecule is COC(=O)c1ccc(F)cc1-c1c(Cl)cccc1Cl. The van der Waals surface area contributed by atoms with E-state index in [2.05, 4.69) is 4.74 Å². The van der Waals surface area contributed by atoms with Gasteiger partial charge in [-0.2, -0.15) is 0 Å². The van der Waals surface area contributed by atoms with Crippen molar-refractivity contribution < 1.29 is 13.9 Å². The van der Waals surface area contributed by atoms with Crippen LogP contribution in [0.5, 0.6) is 0 Å². The number of carbonyl (C=O) groups excluding carboxylic acids is 1. The van der Waals surface area contributed by atoms with E-state index in [1.54, 1.807) is 18.2 Å². The summed E-state index contributed by atoms with van der Waals surface area (Å²) in [7, 11) is 1.25. The summed E-state index contributed by atoms with van der Waals surface area (Å²) in [4.78, 5) is 11.7. The smallest absolute Gasteiger partial charge is 0.338 e. The number of esters is 1. The molecule has 0 spiro atoms. The highest BCUT2D eigenvalue weighted by Crippen LogP contribution is 2.37. The lowest BCUT2D eigenvalue weighted by Crippen LogP contribution is -2.04. The largest absolute Gasteiger partial charge is 0.465 e. The molecule has 2 nitrogen and oxygen atoms in total. The van der Waals surface area contributed by atoms with Crippen molar-refractivity contribution in [1.82, 2.24) is 0 Å². The van der Waals surface area contributed by atoms with Gasteiger partial charge in [-0.1, -0.05) is 29.3 Å². The van der Waals surface area contributed by atoms with Crippen LogP contribution in [0.25, 0.3) is 11.1 Å². The van der Waals surface area contributed by atoms with Crippen molar-refractivity contribution in [3.05, 3.63) is 57.8 Å². The summed E-state index contributed by atoms with van der Waals surface area (Å²) in [6.45, 7) is 0. The van der Waals surface area contributed by atoms with Crippen molar-refractivity contribution in [2.45, 2.75) is 0 Å². The number of benzene rings is 2. The maximum atomic E-state index is 13.4. The van der Waals surface area contributed by atoms with E-state index in [1.165, 1.54) is 25.3 Å². The molecule has 0 heterocycles. The number of carbonyl (C=O) groups is 1. The molecule has 0 aliphatic rings. The van der Waals surface area contributed by atoms with Crippen LogP contribution in [0, 0.1) is 5.82 Å². The highest BCUT2D eigenvalue weighted by molar-refractivity contribution is 6.39. The van der Waals surface area contributed by atoms with Crippen LogP contribution in [0.15, 0.2) is 36.4 Å². The average Bonchev–Trinajstić information content (AvgIpc) is 2.38. The molecular formula is C14H9Cl2FO2. The third kappa shape index (κ3) is 2.72. The molecule has 0 aliphatic heterocycles. The zero-order chi connectivity index (χ0) is 14.0. The lowest BCUT2D eigenvalue weighted by Gasteiger charge is -2.11. The second-order valence-corrected chi connectivity index (χ2v) is 4.59. The molecule has 2 rings (SSSR count). The molecule has 2 aromatic carbocycles. The second kappa shape index (κ2) is 5.59. The van der Waals surface area contributed by atoms with Crippen molar-refractivity contribution in [3.63, 3.8) is 0 Å². The molecule has 0 N–H and O–H groups in total. The normalized spacial score (nSPS) is 10.3. The van der Waals surface area contributed by atoms with Crippen LogP contribution < -0.4 is 0 Å². The highest BCUT2D eigenvalue weighted by atomic mass is 35.5. The van der Waals surface area contributed by atoms with E-state index >= 15 is 0 Å². The Morgan fingerprint density at radius 2 is 1.79 bits per heavy atom. The monoisotopic (exact) mass is 298 g/mol. The molecule has 0 amide bonds. The summed E-state index contributed by atoms with van der Waals surface area (Å²) < 4.78 is 18.1. The molecule has 0 saturated heterocycles. The molecule has 0 aromatic heterocycles. The third-order valence-corrected chi connectivity index (χ3v) is 3.25. The van der Waals surface area contributed by atoms with Gasteiger partial charge in [0.15, 0.2) is 0 Å². The molecule has 0 saturated carbocycles. The summed E-state index contributed by atoms with van der Waals surface area (Å²) >= 11 is 12.2. The Balaban J connectivity index is 2.74. The highest BCUT2D eigenvalue weighted by Gasteiger charge is 2.18. The molecule has 0 aliphatic carbocycles. The van der Waals surface area contributed by atoms with Gasteiger partial charge >= 0.3 is 5.97 Å². The van der Waals surface area contributed by atoms with Gasteiger partial charge in [-0.15, -0.1) is 0 Å². The Morgan fingerprint density at radius 3 is 2.37 bits per heavy atom. The van der Waals surface area contributed by atoms with Gasteiger partial charge in [-0.05, 0) is 30.3 Å². The van der Waals surface area contributed by atoms with Gasteiger partial charge in [0.25, 0.3) is 0 Å². The van der Waals surface area contributed by atoms with Crippen LogP contribution in [0.1, 0.15) is 10.4 Å². The fourth-order valence-electron chi connectivity index (χ4n) is 1.77. The minimum absolute atomic E-state index is 0.207. The van der Waals surface area contributed by atoms with E-state index in [-0.39, 0.29) is 5.56 Å². The number of hydrogen-bond donors (Lipinski definition) is 0. The Hall–Kier alpha value is -1.58. The third-order valence-electron chi connectivity index (χ3n) is 2.62. The van der Waals surface area contributed by atoms with Gasteiger partial charge < -0.3 is 4.74 Å². The van der Waals surface area contributed by atoms with Gasteiger partial charge in [0.2, 0.25) is 0 Å². The molecule has 2 aromatic rings. The van der Waals surface area contributed by atoms with Crippen molar-refractivity contribution in [1.29, 1.82) is 0 Å². The van der Waals surface area contributed by atoms with Gasteiger partial charge in [0.1, 0.15) is 5.82 Å². The molecule has 0 bridgehead atoms. The Labute approximate surface area is 119 Å². The van der Waals surface area contributed by atoms with E-state index in [0.717, 1.165) is 0 Å². The zero-order valence-electron chi connectivity index (χ0n) is 9.91. The molecule has 0 radical (unpaired) electrons. The van der Waals surface area contributed by atoms with Gasteiger partial charge in [-0.3, -0.25) is 0 Å². The van der Waals surface area contributed by atoms with Crippen LogP contribution in [0.3, 0.4) is 0 Å². The van der Waals surface area contributed by atoms with E-state index in [1.807, 2.05) is 0 Å². The van der Waals surface area contributed by atoms with E-state index in [0.29, 0.717) is 21.2 Å². The Kier molecular flexibility index (Phi) is 4.08. The summed E-state index contributed by atoms with van der Waals surface area (Å²) in [6, 6.07) is 8.64. The lowest BCUT2D eigenvalue weighted by atomic mass is 9.99. The average molecular weight is 299 g/mol. The first-order chi connectivity index (χ1) is 9.04. The van der Waals surface area contributed by atoms with E-state index < -0.39 is 11.8 Å². The number of rotatable bonds is 2. The number of hydrogen-bond acceptors (Lipinski definition) is 2. The Morgan fingerprint density at radius 1 is 1.16 bits per heavy atom. The second-order valence-electron chi connectivity index (χ2n) is 3.78. The molecule has 0 fully saturated rings. The van der Waals surface area contributed by atoms with Crippen molar-refractivity contribution in [2.75, 3.05) is 7.11 Å². The van der Waals surface area contributed by atoms with Crippen LogP contribution >= 0.6 is 23.2 Å². The summed E-state index contributed by atoms with van der Waals surface area (Å²) in [5, 5.41) is 0.673. The van der Waals surface area contributed by atoms with Crippen molar-refractivity contribution >= 4 is 29.2 Å². The predicted molar refractivity (Wildman–Crippen MR) is 73.2 cm³/mol. The van der Waals surface area contributed by atoms with Crippen LogP contribution in [0.2, 0.25) is 10.0 Å². The maximum absolute atomic E-state index is 13.4. The molecule has 0 atom stereocenters. The minimum atomic E-state index is -0.578. The number of methoxy groups -OCH3 is 1. The summed E-state index contributed by atoms with van der Waals surface area (Å²) in [6.07, 6.45) is 0. The molecule has 5 heteroatoms. The molecule has 19 heavy (non-hydrogen) atoms. The van der Waals surface area contributed by atoms with E-state index in [4.69, 9.17) is 23.2 Å². The summed E-state index contributed by atoms with van der Waals surface area (Å²) in [5.74, 6) is -1.07. The fourth-order valence-corrected chi connectivity index (χ4v) is 2.37. The first-order valence-electron chi connectivity index (χ1n) is 5.37. The first-order valence-corrected chi connectivity index (χ1v) is 6.12. The molecule has 0 unspecified atom stereocenters. The lowest BCUT2D eigenvalue weighted by molar-refractivity contribution is 0.0601. The summed E-state index contributed by atoms with van der Waals surface area (Å²) in [5.41, 5.74) is 0.923. The van der Waals surface area contributed by atoms with Crippen LogP contribution in [-0.4, -0.2) is 13.1 Å². The standard InChI is InChI=1S/C14H9Cl2FO2/c1-19-14(18)9-6-5-8(17)7-10(9)13-11(15)3-2-4-12(13)16/h2-7H,1H3. The molecular weight excluding hydrogens is 290 g/mol. The fraction of sp³-hybridized carbons (Fsp3) is 0.0714. The topological polar surface area (TPSA) is 26.3 Å². The first kappa shape index (κ1) is 13.8. The zero-order valence-corrected chi connectivity index (χ0v) is 11.4. The van der Waals surface area contributed by atoms with Gasteiger partial charge in [-0.25, -0.2) is 9.18 Å². The quantitative estimate of drug-likeness (QED) is 0.758. The Bertz CT molecular complexity index is 621.